The minimum Gasteiger partial charge on any atom is -0.459 e. The van der Waals surface area contributed by atoms with E-state index in [0.717, 1.165) is 6.42 Å². The van der Waals surface area contributed by atoms with E-state index >= 15 is 0 Å². The molecule has 2 aromatic rings. The van der Waals surface area contributed by atoms with Gasteiger partial charge in [0, 0.05) is 32.2 Å². The Hall–Kier alpha value is -2.90. The van der Waals surface area contributed by atoms with Crippen molar-refractivity contribution in [2.45, 2.75) is 26.3 Å². The van der Waals surface area contributed by atoms with E-state index in [0.29, 0.717) is 43.5 Å². The average Bonchev–Trinajstić information content (AvgIpc) is 3.22. The Morgan fingerprint density at radius 1 is 1.23 bits per heavy atom. The fourth-order valence-electron chi connectivity index (χ4n) is 2.70. The van der Waals surface area contributed by atoms with Gasteiger partial charge in [-0.1, -0.05) is 6.92 Å². The van der Waals surface area contributed by atoms with Crippen molar-refractivity contribution in [3.05, 3.63) is 42.2 Å². The first kappa shape index (κ1) is 17.9. The Balaban J connectivity index is 1.56. The molecule has 3 heterocycles. The summed E-state index contributed by atoms with van der Waals surface area (Å²) in [5, 5.41) is 2.87. The Kier molecular flexibility index (Phi) is 5.50. The molecule has 26 heavy (non-hydrogen) atoms. The molecule has 2 amide bonds. The van der Waals surface area contributed by atoms with Crippen LogP contribution in [0.1, 0.15) is 41.3 Å². The van der Waals surface area contributed by atoms with Crippen LogP contribution in [0.5, 0.6) is 0 Å². The number of aromatic nitrogens is 2. The Morgan fingerprint density at radius 2 is 2.00 bits per heavy atom. The molecule has 0 aliphatic carbocycles. The van der Waals surface area contributed by atoms with Gasteiger partial charge in [-0.2, -0.15) is 0 Å². The van der Waals surface area contributed by atoms with Gasteiger partial charge in [0.25, 0.3) is 11.8 Å². The first-order valence-electron chi connectivity index (χ1n) is 8.79. The molecule has 0 radical (unpaired) electrons. The van der Waals surface area contributed by atoms with Gasteiger partial charge in [-0.3, -0.25) is 9.59 Å². The van der Waals surface area contributed by atoms with Crippen LogP contribution in [0.25, 0.3) is 0 Å². The van der Waals surface area contributed by atoms with Gasteiger partial charge in [0.2, 0.25) is 0 Å². The molecule has 1 atom stereocenters. The lowest BCUT2D eigenvalue weighted by Gasteiger charge is -2.34. The molecule has 0 spiro atoms. The third kappa shape index (κ3) is 4.01. The number of hydrogen-bond acceptors (Lipinski definition) is 6. The first-order chi connectivity index (χ1) is 12.6. The Morgan fingerprint density at radius 3 is 2.58 bits per heavy atom. The van der Waals surface area contributed by atoms with E-state index in [1.807, 2.05) is 13.8 Å². The third-order valence-electron chi connectivity index (χ3n) is 4.48. The summed E-state index contributed by atoms with van der Waals surface area (Å²) in [6.07, 6.45) is 5.46. The van der Waals surface area contributed by atoms with Gasteiger partial charge in [-0.05, 0) is 25.5 Å². The SMILES string of the molecule is CCC(C)NC(=O)c1cnc(N2CCN(C(=O)c3ccco3)CC2)cn1. The smallest absolute Gasteiger partial charge is 0.289 e. The normalized spacial score (nSPS) is 15.6. The maximum absolute atomic E-state index is 12.3. The van der Waals surface area contributed by atoms with Gasteiger partial charge in [-0.25, -0.2) is 9.97 Å². The van der Waals surface area contributed by atoms with Crippen LogP contribution < -0.4 is 10.2 Å². The summed E-state index contributed by atoms with van der Waals surface area (Å²) in [5.74, 6) is 0.746. The monoisotopic (exact) mass is 357 g/mol. The molecule has 1 aliphatic heterocycles. The standard InChI is InChI=1S/C18H23N5O3/c1-3-13(2)21-17(24)14-11-20-16(12-19-14)22-6-8-23(9-7-22)18(25)15-5-4-10-26-15/h4-5,10-13H,3,6-9H2,1-2H3,(H,21,24). The number of furan rings is 1. The van der Waals surface area contributed by atoms with Crippen LogP contribution in [0, 0.1) is 0 Å². The van der Waals surface area contributed by atoms with Crippen molar-refractivity contribution in [1.29, 1.82) is 0 Å². The molecule has 1 N–H and O–H groups in total. The summed E-state index contributed by atoms with van der Waals surface area (Å²) >= 11 is 0. The van der Waals surface area contributed by atoms with Gasteiger partial charge in [0.15, 0.2) is 5.76 Å². The fourth-order valence-corrected chi connectivity index (χ4v) is 2.70. The molecule has 3 rings (SSSR count). The second-order valence-corrected chi connectivity index (χ2v) is 6.30. The first-order valence-corrected chi connectivity index (χ1v) is 8.79. The number of carbonyl (C=O) groups is 2. The summed E-state index contributed by atoms with van der Waals surface area (Å²) in [5.41, 5.74) is 0.306. The summed E-state index contributed by atoms with van der Waals surface area (Å²) in [6, 6.07) is 3.48. The molecule has 138 valence electrons. The molecule has 0 saturated carbocycles. The van der Waals surface area contributed by atoms with E-state index in [4.69, 9.17) is 4.42 Å². The van der Waals surface area contributed by atoms with Gasteiger partial charge < -0.3 is 19.5 Å². The highest BCUT2D eigenvalue weighted by molar-refractivity contribution is 5.92. The van der Waals surface area contributed by atoms with Crippen molar-refractivity contribution in [1.82, 2.24) is 20.2 Å². The summed E-state index contributed by atoms with van der Waals surface area (Å²) in [4.78, 5) is 36.7. The predicted molar refractivity (Wildman–Crippen MR) is 96.1 cm³/mol. The number of rotatable bonds is 5. The molecule has 8 nitrogen and oxygen atoms in total. The zero-order valence-corrected chi connectivity index (χ0v) is 15.0. The van der Waals surface area contributed by atoms with Gasteiger partial charge in [-0.15, -0.1) is 0 Å². The Bertz CT molecular complexity index is 737. The zero-order valence-electron chi connectivity index (χ0n) is 15.0. The topological polar surface area (TPSA) is 91.6 Å². The van der Waals surface area contributed by atoms with E-state index in [2.05, 4.69) is 20.2 Å². The van der Waals surface area contributed by atoms with Crippen LogP contribution in [-0.2, 0) is 0 Å². The largest absolute Gasteiger partial charge is 0.459 e. The predicted octanol–water partition coefficient (Wildman–Crippen LogP) is 1.56. The molecule has 0 bridgehead atoms. The van der Waals surface area contributed by atoms with Crippen molar-refractivity contribution in [3.8, 4) is 0 Å². The number of nitrogens with one attached hydrogen (secondary N) is 1. The number of piperazine rings is 1. The quantitative estimate of drug-likeness (QED) is 0.873. The van der Waals surface area contributed by atoms with Crippen LogP contribution in [0.4, 0.5) is 5.82 Å². The molecular formula is C18H23N5O3. The zero-order chi connectivity index (χ0) is 18.5. The lowest BCUT2D eigenvalue weighted by Crippen LogP contribution is -2.49. The molecule has 8 heteroatoms. The molecule has 0 aromatic carbocycles. The third-order valence-corrected chi connectivity index (χ3v) is 4.48. The van der Waals surface area contributed by atoms with E-state index in [1.54, 1.807) is 23.2 Å². The summed E-state index contributed by atoms with van der Waals surface area (Å²) < 4.78 is 5.17. The fraction of sp³-hybridized carbons (Fsp3) is 0.444. The van der Waals surface area contributed by atoms with Crippen LogP contribution in [0.2, 0.25) is 0 Å². The molecular weight excluding hydrogens is 334 g/mol. The maximum Gasteiger partial charge on any atom is 0.289 e. The lowest BCUT2D eigenvalue weighted by atomic mass is 10.2. The van der Waals surface area contributed by atoms with Gasteiger partial charge in [0.1, 0.15) is 11.5 Å². The highest BCUT2D eigenvalue weighted by atomic mass is 16.3. The van der Waals surface area contributed by atoms with Crippen molar-refractivity contribution in [3.63, 3.8) is 0 Å². The van der Waals surface area contributed by atoms with Crippen LogP contribution in [0.3, 0.4) is 0 Å². The number of amides is 2. The minimum absolute atomic E-state index is 0.0993. The van der Waals surface area contributed by atoms with Gasteiger partial charge >= 0.3 is 0 Å². The number of anilines is 1. The van der Waals surface area contributed by atoms with E-state index in [9.17, 15) is 9.59 Å². The second-order valence-electron chi connectivity index (χ2n) is 6.30. The van der Waals surface area contributed by atoms with Gasteiger partial charge in [0.05, 0.1) is 18.7 Å². The van der Waals surface area contributed by atoms with Crippen LogP contribution >= 0.6 is 0 Å². The second kappa shape index (κ2) is 7.99. The van der Waals surface area contributed by atoms with Crippen LogP contribution in [0.15, 0.2) is 35.2 Å². The van der Waals surface area contributed by atoms with E-state index < -0.39 is 0 Å². The highest BCUT2D eigenvalue weighted by Gasteiger charge is 2.24. The van der Waals surface area contributed by atoms with Crippen LogP contribution in [-0.4, -0.2) is 58.9 Å². The average molecular weight is 357 g/mol. The van der Waals surface area contributed by atoms with E-state index in [1.165, 1.54) is 12.5 Å². The summed E-state index contributed by atoms with van der Waals surface area (Å²) in [7, 11) is 0. The van der Waals surface area contributed by atoms with Crippen molar-refractivity contribution < 1.29 is 14.0 Å². The summed E-state index contributed by atoms with van der Waals surface area (Å²) in [6.45, 7) is 6.42. The highest BCUT2D eigenvalue weighted by Crippen LogP contribution is 2.14. The molecule has 1 aliphatic rings. The number of nitrogens with zero attached hydrogens (tertiary/aromatic N) is 4. The number of carbonyl (C=O) groups excluding carboxylic acids is 2. The Labute approximate surface area is 152 Å². The maximum atomic E-state index is 12.3. The minimum atomic E-state index is -0.215. The molecule has 2 aromatic heterocycles. The molecule has 1 fully saturated rings. The van der Waals surface area contributed by atoms with E-state index in [-0.39, 0.29) is 17.9 Å². The van der Waals surface area contributed by atoms with Crippen molar-refractivity contribution in [2.75, 3.05) is 31.1 Å². The number of hydrogen-bond donors (Lipinski definition) is 1. The molecule has 1 unspecified atom stereocenters. The molecule has 1 saturated heterocycles. The van der Waals surface area contributed by atoms with Crippen molar-refractivity contribution >= 4 is 17.6 Å². The lowest BCUT2D eigenvalue weighted by molar-refractivity contribution is 0.0714. The van der Waals surface area contributed by atoms with Crippen molar-refractivity contribution in [2.24, 2.45) is 0 Å².